The highest BCUT2D eigenvalue weighted by molar-refractivity contribution is 6.41. The van der Waals surface area contributed by atoms with E-state index in [1.54, 1.807) is 12.3 Å². The summed E-state index contributed by atoms with van der Waals surface area (Å²) in [6, 6.07) is 3.20. The van der Waals surface area contributed by atoms with E-state index in [0.717, 1.165) is 11.3 Å². The van der Waals surface area contributed by atoms with Crippen molar-refractivity contribution in [1.82, 2.24) is 24.4 Å². The molecule has 204 valence electrons. The number of pyridine rings is 2. The number of fused-ring (bicyclic) bond motifs is 1. The van der Waals surface area contributed by atoms with Crippen LogP contribution in [0.3, 0.4) is 0 Å². The highest BCUT2D eigenvalue weighted by Gasteiger charge is 2.51. The number of aryl methyl sites for hydroxylation is 1. The van der Waals surface area contributed by atoms with Gasteiger partial charge in [-0.2, -0.15) is 4.98 Å². The number of amides is 1. The van der Waals surface area contributed by atoms with Crippen LogP contribution in [0.25, 0.3) is 16.7 Å². The number of rotatable bonds is 3. The molecule has 3 aromatic heterocycles. The molecule has 9 nitrogen and oxygen atoms in total. The molecule has 38 heavy (non-hydrogen) atoms. The van der Waals surface area contributed by atoms with Gasteiger partial charge in [0.25, 0.3) is 0 Å². The van der Waals surface area contributed by atoms with Crippen molar-refractivity contribution in [3.05, 3.63) is 50.2 Å². The van der Waals surface area contributed by atoms with Crippen molar-refractivity contribution in [3.8, 4) is 5.69 Å². The number of hydrogen-bond donors (Lipinski definition) is 1. The molecule has 3 aromatic rings. The summed E-state index contributed by atoms with van der Waals surface area (Å²) in [7, 11) is 0. The number of nitrogens with zero attached hydrogens (tertiary/aromatic N) is 6. The smallest absolute Gasteiger partial charge is 0.407 e. The van der Waals surface area contributed by atoms with E-state index in [1.165, 1.54) is 9.47 Å². The Labute approximate surface area is 232 Å². The molecule has 0 unspecified atom stereocenters. The average molecular weight is 562 g/mol. The van der Waals surface area contributed by atoms with Crippen LogP contribution in [-0.4, -0.2) is 60.3 Å². The van der Waals surface area contributed by atoms with E-state index in [2.05, 4.69) is 35.7 Å². The quantitative estimate of drug-likeness (QED) is 0.397. The summed E-state index contributed by atoms with van der Waals surface area (Å²) in [5, 5.41) is 10.8. The molecule has 1 N–H and O–H groups in total. The average Bonchev–Trinajstić information content (AvgIpc) is 2.78. The van der Waals surface area contributed by atoms with Crippen LogP contribution < -0.4 is 10.6 Å². The lowest BCUT2D eigenvalue weighted by atomic mass is 9.72. The minimum atomic E-state index is -0.984. The van der Waals surface area contributed by atoms with E-state index in [-0.39, 0.29) is 34.1 Å². The van der Waals surface area contributed by atoms with Crippen LogP contribution in [0.4, 0.5) is 10.6 Å². The molecule has 11 heteroatoms. The minimum absolute atomic E-state index is 0.0319. The van der Waals surface area contributed by atoms with E-state index in [1.807, 2.05) is 45.6 Å². The van der Waals surface area contributed by atoms with Gasteiger partial charge >= 0.3 is 11.8 Å². The van der Waals surface area contributed by atoms with Crippen LogP contribution >= 0.6 is 23.2 Å². The van der Waals surface area contributed by atoms with E-state index < -0.39 is 17.3 Å². The topological polar surface area (TPSA) is 104 Å². The van der Waals surface area contributed by atoms with Gasteiger partial charge in [-0.15, -0.1) is 0 Å². The van der Waals surface area contributed by atoms with Crippen molar-refractivity contribution in [1.29, 1.82) is 0 Å². The van der Waals surface area contributed by atoms with Crippen LogP contribution in [0.15, 0.2) is 23.1 Å². The zero-order valence-corrected chi connectivity index (χ0v) is 24.5. The first-order valence-electron chi connectivity index (χ1n) is 12.6. The Morgan fingerprint density at radius 3 is 2.42 bits per heavy atom. The molecule has 1 aliphatic rings. The maximum Gasteiger partial charge on any atom is 0.407 e. The maximum absolute atomic E-state index is 13.9. The Kier molecular flexibility index (Phi) is 7.16. The van der Waals surface area contributed by atoms with Crippen molar-refractivity contribution in [2.24, 2.45) is 5.41 Å². The molecule has 1 saturated heterocycles. The fourth-order valence-corrected chi connectivity index (χ4v) is 6.33. The van der Waals surface area contributed by atoms with Gasteiger partial charge in [0.2, 0.25) is 0 Å². The first-order chi connectivity index (χ1) is 17.6. The molecule has 1 aliphatic heterocycles. The normalized spacial score (nSPS) is 17.9. The Morgan fingerprint density at radius 1 is 1.18 bits per heavy atom. The van der Waals surface area contributed by atoms with Gasteiger partial charge in [0, 0.05) is 19.3 Å². The zero-order chi connectivity index (χ0) is 28.3. The molecule has 1 atom stereocenters. The molecule has 0 aliphatic carbocycles. The third-order valence-corrected chi connectivity index (χ3v) is 7.92. The summed E-state index contributed by atoms with van der Waals surface area (Å²) in [4.78, 5) is 43.3. The predicted octanol–water partition coefficient (Wildman–Crippen LogP) is 5.91. The monoisotopic (exact) mass is 560 g/mol. The third kappa shape index (κ3) is 4.60. The number of halogens is 2. The molecule has 1 amide bonds. The van der Waals surface area contributed by atoms with Crippen molar-refractivity contribution < 1.29 is 9.90 Å². The van der Waals surface area contributed by atoms with Gasteiger partial charge in [-0.3, -0.25) is 9.88 Å². The first-order valence-corrected chi connectivity index (χ1v) is 13.3. The van der Waals surface area contributed by atoms with Crippen LogP contribution in [0, 0.1) is 12.3 Å². The number of carboxylic acid groups (broad SMARTS) is 1. The molecule has 0 saturated carbocycles. The largest absolute Gasteiger partial charge is 0.465 e. The maximum atomic E-state index is 13.9. The third-order valence-electron chi connectivity index (χ3n) is 7.25. The predicted molar refractivity (Wildman–Crippen MR) is 151 cm³/mol. The number of piperazine rings is 1. The number of anilines is 1. The molecule has 0 radical (unpaired) electrons. The van der Waals surface area contributed by atoms with Gasteiger partial charge in [-0.05, 0) is 49.8 Å². The fraction of sp³-hybridized carbons (Fsp3) is 0.519. The molecule has 4 rings (SSSR count). The highest BCUT2D eigenvalue weighted by Crippen LogP contribution is 2.42. The van der Waals surface area contributed by atoms with E-state index >= 15 is 0 Å². The van der Waals surface area contributed by atoms with Crippen LogP contribution in [0.5, 0.6) is 0 Å². The Hall–Kier alpha value is -2.91. The van der Waals surface area contributed by atoms with Crippen LogP contribution in [-0.2, 0) is 0 Å². The lowest BCUT2D eigenvalue weighted by Gasteiger charge is -2.57. The summed E-state index contributed by atoms with van der Waals surface area (Å²) in [5.74, 6) is 0.433. The second kappa shape index (κ2) is 9.68. The van der Waals surface area contributed by atoms with Gasteiger partial charge in [-0.1, -0.05) is 57.8 Å². The molecule has 4 heterocycles. The summed E-state index contributed by atoms with van der Waals surface area (Å²) in [6.07, 6.45) is 0.736. The molecule has 0 spiro atoms. The Bertz CT molecular complexity index is 1480. The van der Waals surface area contributed by atoms with Gasteiger partial charge < -0.3 is 10.0 Å². The van der Waals surface area contributed by atoms with Crippen LogP contribution in [0.1, 0.15) is 65.6 Å². The van der Waals surface area contributed by atoms with E-state index in [9.17, 15) is 14.7 Å². The fourth-order valence-electron chi connectivity index (χ4n) is 6.04. The molecule has 1 fully saturated rings. The molecule has 0 bridgehead atoms. The highest BCUT2D eigenvalue weighted by atomic mass is 35.5. The lowest BCUT2D eigenvalue weighted by Crippen LogP contribution is -2.70. The summed E-state index contributed by atoms with van der Waals surface area (Å²) in [5.41, 5.74) is 0.818. The SMILES string of the molecule is Cc1ccnc(C(C)C)c1-n1c(=O)nc(N2CCN(C(=O)O)C(C)(C)[C@@H]2C(C)(C)C)c2cc(Cl)c(Cl)nc21. The first kappa shape index (κ1) is 28.1. The molecule has 0 aromatic carbocycles. The Balaban J connectivity index is 2.08. The molecular formula is C27H34Cl2N6O3. The minimum Gasteiger partial charge on any atom is -0.465 e. The standard InChI is InChI=1S/C27H34Cl2N6O3/c1-14(2)18-19(15(3)9-10-30-18)35-22-16(13-17(28)20(29)31-22)21(32-24(35)36)33-11-12-34(25(37)38)27(7,8)23(33)26(4,5)6/h9-10,13-14,23H,11-12H2,1-8H3,(H,37,38)/t23-/m0/s1. The number of aromatic nitrogens is 4. The zero-order valence-electron chi connectivity index (χ0n) is 23.0. The van der Waals surface area contributed by atoms with Gasteiger partial charge in [0.15, 0.2) is 5.65 Å². The van der Waals surface area contributed by atoms with Crippen LogP contribution in [0.2, 0.25) is 10.2 Å². The lowest BCUT2D eigenvalue weighted by molar-refractivity contribution is 0.0292. The second-order valence-electron chi connectivity index (χ2n) is 11.8. The summed E-state index contributed by atoms with van der Waals surface area (Å²) < 4.78 is 1.46. The number of hydrogen-bond acceptors (Lipinski definition) is 6. The van der Waals surface area contributed by atoms with Crippen molar-refractivity contribution in [2.45, 2.75) is 72.9 Å². The van der Waals surface area contributed by atoms with E-state index in [4.69, 9.17) is 23.2 Å². The van der Waals surface area contributed by atoms with Gasteiger partial charge in [0.1, 0.15) is 11.0 Å². The van der Waals surface area contributed by atoms with Gasteiger partial charge in [-0.25, -0.2) is 19.1 Å². The molecular weight excluding hydrogens is 527 g/mol. The Morgan fingerprint density at radius 2 is 1.84 bits per heavy atom. The van der Waals surface area contributed by atoms with E-state index in [0.29, 0.717) is 29.1 Å². The summed E-state index contributed by atoms with van der Waals surface area (Å²) in [6.45, 7) is 16.5. The second-order valence-corrected chi connectivity index (χ2v) is 12.5. The number of carbonyl (C=O) groups is 1. The van der Waals surface area contributed by atoms with Crippen molar-refractivity contribution >= 4 is 46.1 Å². The van der Waals surface area contributed by atoms with Crippen molar-refractivity contribution in [2.75, 3.05) is 18.0 Å². The van der Waals surface area contributed by atoms with Gasteiger partial charge in [0.05, 0.1) is 33.4 Å². The summed E-state index contributed by atoms with van der Waals surface area (Å²) >= 11 is 12.9. The van der Waals surface area contributed by atoms with Crippen molar-refractivity contribution in [3.63, 3.8) is 0 Å².